The zero-order valence-electron chi connectivity index (χ0n) is 12.3. The number of rotatable bonds is 4. The molecule has 21 heavy (non-hydrogen) atoms. The minimum absolute atomic E-state index is 0.0103. The monoisotopic (exact) mass is 310 g/mol. The van der Waals surface area contributed by atoms with Gasteiger partial charge >= 0.3 is 0 Å². The van der Waals surface area contributed by atoms with Crippen molar-refractivity contribution in [1.82, 2.24) is 10.0 Å². The summed E-state index contributed by atoms with van der Waals surface area (Å²) >= 11 is 0. The second-order valence-electron chi connectivity index (χ2n) is 6.28. The maximum absolute atomic E-state index is 12.5. The van der Waals surface area contributed by atoms with Crippen molar-refractivity contribution in [2.45, 2.75) is 37.8 Å². The van der Waals surface area contributed by atoms with Gasteiger partial charge in [-0.25, -0.2) is 13.1 Å². The fourth-order valence-corrected chi connectivity index (χ4v) is 4.08. The Morgan fingerprint density at radius 1 is 1.24 bits per heavy atom. The maximum atomic E-state index is 12.5. The average Bonchev–Trinajstić information content (AvgIpc) is 2.94. The van der Waals surface area contributed by atoms with Crippen LogP contribution in [0.2, 0.25) is 0 Å². The van der Waals surface area contributed by atoms with Crippen LogP contribution in [0.15, 0.2) is 23.1 Å². The molecule has 2 aliphatic heterocycles. The summed E-state index contributed by atoms with van der Waals surface area (Å²) in [5, 5.41) is 3.23. The van der Waals surface area contributed by atoms with Gasteiger partial charge in [-0.2, -0.15) is 0 Å². The van der Waals surface area contributed by atoms with Crippen LogP contribution in [0.3, 0.4) is 0 Å². The predicted octanol–water partition coefficient (Wildman–Crippen LogP) is 1.38. The van der Waals surface area contributed by atoms with Crippen molar-refractivity contribution in [3.63, 3.8) is 0 Å². The Morgan fingerprint density at radius 2 is 1.95 bits per heavy atom. The smallest absolute Gasteiger partial charge is 0.240 e. The normalized spacial score (nSPS) is 21.2. The van der Waals surface area contributed by atoms with Gasteiger partial charge in [0.1, 0.15) is 0 Å². The fourth-order valence-electron chi connectivity index (χ4n) is 2.83. The number of sulfonamides is 1. The van der Waals surface area contributed by atoms with E-state index >= 15 is 0 Å². The SMILES string of the molecule is CC1(CNS(=O)(=O)c2ccc3c(c2)CNC3)CCOCC1. The Kier molecular flexibility index (Phi) is 4.05. The second-order valence-corrected chi connectivity index (χ2v) is 8.05. The number of hydrogen-bond donors (Lipinski definition) is 2. The van der Waals surface area contributed by atoms with Gasteiger partial charge in [-0.05, 0) is 41.5 Å². The van der Waals surface area contributed by atoms with E-state index in [4.69, 9.17) is 4.74 Å². The molecule has 3 rings (SSSR count). The highest BCUT2D eigenvalue weighted by atomic mass is 32.2. The summed E-state index contributed by atoms with van der Waals surface area (Å²) in [6.45, 7) is 5.57. The van der Waals surface area contributed by atoms with Crippen LogP contribution in [0, 0.1) is 5.41 Å². The minimum Gasteiger partial charge on any atom is -0.381 e. The summed E-state index contributed by atoms with van der Waals surface area (Å²) in [6.07, 6.45) is 1.78. The molecular formula is C15H22N2O3S. The number of fused-ring (bicyclic) bond motifs is 1. The molecule has 0 unspecified atom stereocenters. The molecule has 0 bridgehead atoms. The third kappa shape index (κ3) is 3.29. The summed E-state index contributed by atoms with van der Waals surface area (Å²) in [5.41, 5.74) is 2.25. The highest BCUT2D eigenvalue weighted by Gasteiger charge is 2.29. The third-order valence-corrected chi connectivity index (χ3v) is 5.91. The number of nitrogens with one attached hydrogen (secondary N) is 2. The van der Waals surface area contributed by atoms with Crippen LogP contribution in [-0.2, 0) is 27.8 Å². The van der Waals surface area contributed by atoms with Crippen molar-refractivity contribution in [2.75, 3.05) is 19.8 Å². The van der Waals surface area contributed by atoms with Crippen LogP contribution in [0.5, 0.6) is 0 Å². The van der Waals surface area contributed by atoms with Crippen LogP contribution in [0.1, 0.15) is 30.9 Å². The van der Waals surface area contributed by atoms with Crippen LogP contribution in [0.4, 0.5) is 0 Å². The van der Waals surface area contributed by atoms with Crippen LogP contribution < -0.4 is 10.0 Å². The lowest BCUT2D eigenvalue weighted by molar-refractivity contribution is 0.0265. The molecule has 0 atom stereocenters. The van der Waals surface area contributed by atoms with Crippen molar-refractivity contribution < 1.29 is 13.2 Å². The highest BCUT2D eigenvalue weighted by molar-refractivity contribution is 7.89. The van der Waals surface area contributed by atoms with Crippen molar-refractivity contribution in [3.8, 4) is 0 Å². The average molecular weight is 310 g/mol. The maximum Gasteiger partial charge on any atom is 0.240 e. The molecule has 2 heterocycles. The van der Waals surface area contributed by atoms with Gasteiger partial charge in [-0.15, -0.1) is 0 Å². The Bertz CT molecular complexity index is 622. The van der Waals surface area contributed by atoms with E-state index in [1.54, 1.807) is 12.1 Å². The summed E-state index contributed by atoms with van der Waals surface area (Å²) in [4.78, 5) is 0.362. The quantitative estimate of drug-likeness (QED) is 0.882. The van der Waals surface area contributed by atoms with Crippen molar-refractivity contribution in [2.24, 2.45) is 5.41 Å². The van der Waals surface area contributed by atoms with Gasteiger partial charge in [0.15, 0.2) is 0 Å². The molecule has 0 aliphatic carbocycles. The summed E-state index contributed by atoms with van der Waals surface area (Å²) in [6, 6.07) is 5.38. The molecule has 0 saturated carbocycles. The van der Waals surface area contributed by atoms with E-state index in [0.29, 0.717) is 24.7 Å². The molecule has 1 saturated heterocycles. The molecular weight excluding hydrogens is 288 g/mol. The van der Waals surface area contributed by atoms with Crippen LogP contribution in [-0.4, -0.2) is 28.2 Å². The molecule has 0 spiro atoms. The van der Waals surface area contributed by atoms with E-state index in [2.05, 4.69) is 17.0 Å². The summed E-state index contributed by atoms with van der Waals surface area (Å²) in [7, 11) is -3.44. The molecule has 0 aromatic heterocycles. The number of benzene rings is 1. The molecule has 2 N–H and O–H groups in total. The van der Waals surface area contributed by atoms with Gasteiger partial charge in [0.2, 0.25) is 10.0 Å². The van der Waals surface area contributed by atoms with Crippen LogP contribution >= 0.6 is 0 Å². The number of ether oxygens (including phenoxy) is 1. The Morgan fingerprint density at radius 3 is 2.71 bits per heavy atom. The molecule has 0 amide bonds. The first-order valence-electron chi connectivity index (χ1n) is 7.39. The highest BCUT2D eigenvalue weighted by Crippen LogP contribution is 2.29. The zero-order chi connectivity index (χ0) is 14.9. The van der Waals surface area contributed by atoms with E-state index in [-0.39, 0.29) is 5.41 Å². The molecule has 6 heteroatoms. The summed E-state index contributed by atoms with van der Waals surface area (Å²) in [5.74, 6) is 0. The largest absolute Gasteiger partial charge is 0.381 e. The van der Waals surface area contributed by atoms with E-state index < -0.39 is 10.0 Å². The lowest BCUT2D eigenvalue weighted by Crippen LogP contribution is -2.39. The van der Waals surface area contributed by atoms with Gasteiger partial charge in [0.05, 0.1) is 4.90 Å². The Hall–Kier alpha value is -0.950. The van der Waals surface area contributed by atoms with E-state index in [1.807, 2.05) is 6.07 Å². The van der Waals surface area contributed by atoms with Gasteiger partial charge < -0.3 is 10.1 Å². The van der Waals surface area contributed by atoms with Gasteiger partial charge in [0, 0.05) is 32.8 Å². The molecule has 2 aliphatic rings. The van der Waals surface area contributed by atoms with Gasteiger partial charge in [0.25, 0.3) is 0 Å². The predicted molar refractivity (Wildman–Crippen MR) is 80.3 cm³/mol. The zero-order valence-corrected chi connectivity index (χ0v) is 13.1. The molecule has 1 aromatic rings. The molecule has 1 fully saturated rings. The molecule has 0 radical (unpaired) electrons. The topological polar surface area (TPSA) is 67.4 Å². The number of hydrogen-bond acceptors (Lipinski definition) is 4. The van der Waals surface area contributed by atoms with E-state index in [9.17, 15) is 8.42 Å². The summed E-state index contributed by atoms with van der Waals surface area (Å²) < 4.78 is 33.0. The third-order valence-electron chi connectivity index (χ3n) is 4.51. The lowest BCUT2D eigenvalue weighted by atomic mass is 9.83. The Labute approximate surface area is 126 Å². The van der Waals surface area contributed by atoms with Crippen molar-refractivity contribution >= 4 is 10.0 Å². The minimum atomic E-state index is -3.44. The first kappa shape index (κ1) is 15.0. The fraction of sp³-hybridized carbons (Fsp3) is 0.600. The van der Waals surface area contributed by atoms with Crippen LogP contribution in [0.25, 0.3) is 0 Å². The standard InChI is InChI=1S/C15H22N2O3S/c1-15(4-6-20-7-5-15)11-17-21(18,19)14-3-2-12-9-16-10-13(12)8-14/h2-3,8,16-17H,4-7,9-11H2,1H3. The van der Waals surface area contributed by atoms with Gasteiger partial charge in [-0.3, -0.25) is 0 Å². The molecule has 1 aromatic carbocycles. The second kappa shape index (κ2) is 5.68. The van der Waals surface area contributed by atoms with E-state index in [0.717, 1.165) is 31.5 Å². The Balaban J connectivity index is 1.72. The lowest BCUT2D eigenvalue weighted by Gasteiger charge is -2.33. The first-order chi connectivity index (χ1) is 9.99. The van der Waals surface area contributed by atoms with Crippen molar-refractivity contribution in [3.05, 3.63) is 29.3 Å². The first-order valence-corrected chi connectivity index (χ1v) is 8.87. The molecule has 5 nitrogen and oxygen atoms in total. The molecule has 116 valence electrons. The van der Waals surface area contributed by atoms with Crippen molar-refractivity contribution in [1.29, 1.82) is 0 Å². The van der Waals surface area contributed by atoms with Gasteiger partial charge in [-0.1, -0.05) is 13.0 Å². The van der Waals surface area contributed by atoms with E-state index in [1.165, 1.54) is 5.56 Å².